The summed E-state index contributed by atoms with van der Waals surface area (Å²) < 4.78 is 25.0. The third-order valence-electron chi connectivity index (χ3n) is 5.26. The summed E-state index contributed by atoms with van der Waals surface area (Å²) in [5.41, 5.74) is -0.217. The average Bonchev–Trinajstić information content (AvgIpc) is 3.23. The fraction of sp³-hybridized carbons (Fsp3) is 0.304. The van der Waals surface area contributed by atoms with Crippen LogP contribution in [0.25, 0.3) is 6.08 Å². The first kappa shape index (κ1) is 22.6. The average molecular weight is 448 g/mol. The molecule has 6 nitrogen and oxygen atoms in total. The van der Waals surface area contributed by atoms with Gasteiger partial charge in [0.05, 0.1) is 12.1 Å². The van der Waals surface area contributed by atoms with Crippen LogP contribution in [0.5, 0.6) is 11.5 Å². The van der Waals surface area contributed by atoms with Crippen LogP contribution in [-0.4, -0.2) is 29.6 Å². The van der Waals surface area contributed by atoms with Crippen LogP contribution in [0.15, 0.2) is 42.5 Å². The lowest BCUT2D eigenvalue weighted by molar-refractivity contribution is -0.146. The molecule has 0 heterocycles. The van der Waals surface area contributed by atoms with Crippen molar-refractivity contribution in [3.05, 3.63) is 64.4 Å². The van der Waals surface area contributed by atoms with E-state index in [2.05, 4.69) is 5.32 Å². The number of halogens is 2. The topological polar surface area (TPSA) is 84.9 Å². The number of rotatable bonds is 8. The van der Waals surface area contributed by atoms with E-state index in [1.807, 2.05) is 0 Å². The highest BCUT2D eigenvalue weighted by Crippen LogP contribution is 2.31. The van der Waals surface area contributed by atoms with Crippen molar-refractivity contribution in [2.75, 3.05) is 7.11 Å². The van der Waals surface area contributed by atoms with Crippen LogP contribution in [0.1, 0.15) is 36.8 Å². The van der Waals surface area contributed by atoms with E-state index < -0.39 is 23.2 Å². The minimum absolute atomic E-state index is 0.0223. The predicted octanol–water partition coefficient (Wildman–Crippen LogP) is 4.59. The third kappa shape index (κ3) is 5.35. The van der Waals surface area contributed by atoms with Gasteiger partial charge < -0.3 is 19.9 Å². The second-order valence-corrected chi connectivity index (χ2v) is 7.74. The quantitative estimate of drug-likeness (QED) is 0.578. The van der Waals surface area contributed by atoms with E-state index >= 15 is 0 Å². The molecule has 1 saturated carbocycles. The summed E-state index contributed by atoms with van der Waals surface area (Å²) in [5.74, 6) is -1.21. The molecule has 8 heteroatoms. The molecule has 0 spiro atoms. The summed E-state index contributed by atoms with van der Waals surface area (Å²) in [6.07, 6.45) is 5.24. The maximum Gasteiger partial charge on any atom is 0.329 e. The smallest absolute Gasteiger partial charge is 0.329 e. The highest BCUT2D eigenvalue weighted by molar-refractivity contribution is 6.30. The van der Waals surface area contributed by atoms with Gasteiger partial charge in [-0.05, 0) is 42.7 Å². The van der Waals surface area contributed by atoms with E-state index in [0.29, 0.717) is 35.5 Å². The van der Waals surface area contributed by atoms with Crippen LogP contribution in [0.2, 0.25) is 5.02 Å². The number of methoxy groups -OCH3 is 1. The SMILES string of the molecule is COc1cc(C=CC(=O)NC2(C(=O)O)CCCC2)ccc1OCc1cccc(Cl)c1F. The Balaban J connectivity index is 1.67. The Kier molecular flexibility index (Phi) is 7.17. The molecule has 0 aromatic heterocycles. The fourth-order valence-corrected chi connectivity index (χ4v) is 3.74. The van der Waals surface area contributed by atoms with Crippen molar-refractivity contribution >= 4 is 29.6 Å². The molecule has 1 fully saturated rings. The zero-order chi connectivity index (χ0) is 22.4. The lowest BCUT2D eigenvalue weighted by Gasteiger charge is -2.24. The monoisotopic (exact) mass is 447 g/mol. The van der Waals surface area contributed by atoms with E-state index in [1.165, 1.54) is 19.3 Å². The van der Waals surface area contributed by atoms with Crippen molar-refractivity contribution in [2.24, 2.45) is 0 Å². The molecule has 164 valence electrons. The summed E-state index contributed by atoms with van der Waals surface area (Å²) in [6.45, 7) is -0.0301. The number of amides is 1. The number of carbonyl (C=O) groups is 2. The van der Waals surface area contributed by atoms with Gasteiger partial charge in [0.2, 0.25) is 5.91 Å². The van der Waals surface area contributed by atoms with Crippen molar-refractivity contribution in [3.8, 4) is 11.5 Å². The second kappa shape index (κ2) is 9.83. The third-order valence-corrected chi connectivity index (χ3v) is 5.55. The maximum absolute atomic E-state index is 14.0. The van der Waals surface area contributed by atoms with Crippen molar-refractivity contribution in [3.63, 3.8) is 0 Å². The molecule has 1 aliphatic rings. The van der Waals surface area contributed by atoms with Gasteiger partial charge in [-0.3, -0.25) is 4.79 Å². The Hall–Kier alpha value is -3.06. The van der Waals surface area contributed by atoms with E-state index in [1.54, 1.807) is 36.4 Å². The summed E-state index contributed by atoms with van der Waals surface area (Å²) in [5, 5.41) is 12.1. The van der Waals surface area contributed by atoms with Crippen LogP contribution in [0.3, 0.4) is 0 Å². The Morgan fingerprint density at radius 2 is 1.97 bits per heavy atom. The van der Waals surface area contributed by atoms with Crippen LogP contribution < -0.4 is 14.8 Å². The number of hydrogen-bond acceptors (Lipinski definition) is 4. The fourth-order valence-electron chi connectivity index (χ4n) is 3.54. The van der Waals surface area contributed by atoms with Gasteiger partial charge in [0, 0.05) is 11.6 Å². The number of ether oxygens (including phenoxy) is 2. The Morgan fingerprint density at radius 3 is 2.65 bits per heavy atom. The first-order valence-corrected chi connectivity index (χ1v) is 10.2. The van der Waals surface area contributed by atoms with Crippen LogP contribution in [0.4, 0.5) is 4.39 Å². The molecule has 0 aliphatic heterocycles. The summed E-state index contributed by atoms with van der Waals surface area (Å²) in [6, 6.07) is 9.70. The minimum atomic E-state index is -1.19. The summed E-state index contributed by atoms with van der Waals surface area (Å²) in [7, 11) is 1.47. The second-order valence-electron chi connectivity index (χ2n) is 7.33. The van der Waals surface area contributed by atoms with Gasteiger partial charge in [-0.25, -0.2) is 9.18 Å². The number of nitrogens with one attached hydrogen (secondary N) is 1. The molecule has 31 heavy (non-hydrogen) atoms. The van der Waals surface area contributed by atoms with E-state index in [0.717, 1.165) is 12.8 Å². The van der Waals surface area contributed by atoms with Crippen molar-refractivity contribution < 1.29 is 28.6 Å². The molecule has 0 bridgehead atoms. The molecule has 0 radical (unpaired) electrons. The number of carboxylic acids is 1. The molecular formula is C23H23ClFNO5. The van der Waals surface area contributed by atoms with Gasteiger partial charge in [-0.1, -0.05) is 42.6 Å². The lowest BCUT2D eigenvalue weighted by Crippen LogP contribution is -2.52. The number of hydrogen-bond donors (Lipinski definition) is 2. The first-order valence-electron chi connectivity index (χ1n) is 9.82. The number of carbonyl (C=O) groups excluding carboxylic acids is 1. The van der Waals surface area contributed by atoms with Crippen molar-refractivity contribution in [1.29, 1.82) is 0 Å². The zero-order valence-electron chi connectivity index (χ0n) is 17.0. The van der Waals surface area contributed by atoms with Gasteiger partial charge in [-0.2, -0.15) is 0 Å². The lowest BCUT2D eigenvalue weighted by atomic mass is 9.98. The molecular weight excluding hydrogens is 425 g/mol. The van der Waals surface area contributed by atoms with Crippen LogP contribution in [-0.2, 0) is 16.2 Å². The number of aliphatic carboxylic acids is 1. The molecule has 0 atom stereocenters. The van der Waals surface area contributed by atoms with Gasteiger partial charge in [0.15, 0.2) is 11.5 Å². The maximum atomic E-state index is 14.0. The first-order chi connectivity index (χ1) is 14.8. The highest BCUT2D eigenvalue weighted by Gasteiger charge is 2.42. The predicted molar refractivity (Wildman–Crippen MR) is 115 cm³/mol. The normalized spacial score (nSPS) is 15.1. The molecule has 0 unspecified atom stereocenters. The minimum Gasteiger partial charge on any atom is -0.493 e. The van der Waals surface area contributed by atoms with Gasteiger partial charge in [-0.15, -0.1) is 0 Å². The number of benzene rings is 2. The van der Waals surface area contributed by atoms with Crippen molar-refractivity contribution in [1.82, 2.24) is 5.32 Å². The Labute approximate surface area is 184 Å². The van der Waals surface area contributed by atoms with Crippen LogP contribution >= 0.6 is 11.6 Å². The van der Waals surface area contributed by atoms with Gasteiger partial charge in [0.1, 0.15) is 18.0 Å². The standard InChI is InChI=1S/C23H23ClFNO5/c1-30-19-13-15(8-10-20(27)26-23(22(28)29)11-2-3-12-23)7-9-18(19)31-14-16-5-4-6-17(24)21(16)25/h4-10,13H,2-3,11-12,14H2,1H3,(H,26,27)(H,28,29). The largest absolute Gasteiger partial charge is 0.493 e. The molecule has 2 aromatic carbocycles. The summed E-state index contributed by atoms with van der Waals surface area (Å²) in [4.78, 5) is 23.8. The molecule has 1 aliphatic carbocycles. The van der Waals surface area contributed by atoms with Crippen molar-refractivity contribution in [2.45, 2.75) is 37.8 Å². The molecule has 2 aromatic rings. The number of carboxylic acid groups (broad SMARTS) is 1. The Morgan fingerprint density at radius 1 is 1.23 bits per heavy atom. The molecule has 2 N–H and O–H groups in total. The van der Waals surface area contributed by atoms with E-state index in [9.17, 15) is 19.1 Å². The van der Waals surface area contributed by atoms with E-state index in [-0.39, 0.29) is 11.6 Å². The molecule has 0 saturated heterocycles. The van der Waals surface area contributed by atoms with Crippen LogP contribution in [0, 0.1) is 5.82 Å². The zero-order valence-corrected chi connectivity index (χ0v) is 17.7. The van der Waals surface area contributed by atoms with E-state index in [4.69, 9.17) is 21.1 Å². The molecule has 3 rings (SSSR count). The van der Waals surface area contributed by atoms with Gasteiger partial charge in [0.25, 0.3) is 0 Å². The highest BCUT2D eigenvalue weighted by atomic mass is 35.5. The van der Waals surface area contributed by atoms with Gasteiger partial charge >= 0.3 is 5.97 Å². The summed E-state index contributed by atoms with van der Waals surface area (Å²) >= 11 is 5.79. The Bertz CT molecular complexity index is 1000. The molecule has 1 amide bonds.